The molecule has 0 saturated carbocycles. The van der Waals surface area contributed by atoms with Crippen molar-refractivity contribution < 1.29 is 22.1 Å². The van der Waals surface area contributed by atoms with Crippen LogP contribution in [0.5, 0.6) is 0 Å². The van der Waals surface area contributed by atoms with Crippen LogP contribution in [-0.2, 0) is 14.5 Å². The number of ether oxygens (including phenoxy) is 1. The van der Waals surface area contributed by atoms with Crippen LogP contribution in [0.15, 0.2) is 29.2 Å². The molecule has 0 aliphatic rings. The van der Waals surface area contributed by atoms with E-state index in [0.717, 1.165) is 18.6 Å². The molecule has 1 aromatic rings. The first-order valence-electron chi connectivity index (χ1n) is 6.45. The summed E-state index contributed by atoms with van der Waals surface area (Å²) in [6, 6.07) is 4.91. The molecule has 0 aliphatic carbocycles. The van der Waals surface area contributed by atoms with Gasteiger partial charge in [-0.25, -0.2) is 8.99 Å². The predicted octanol–water partition coefficient (Wildman–Crippen LogP) is 3.84. The van der Waals surface area contributed by atoms with E-state index in [9.17, 15) is 17.4 Å². The van der Waals surface area contributed by atoms with Gasteiger partial charge in [-0.15, -0.1) is 0 Å². The first-order valence-corrected chi connectivity index (χ1v) is 8.01. The highest BCUT2D eigenvalue weighted by atomic mass is 32.2. The highest BCUT2D eigenvalue weighted by Crippen LogP contribution is 2.31. The quantitative estimate of drug-likeness (QED) is 0.749. The molecule has 0 aliphatic heterocycles. The maximum absolute atomic E-state index is 12.5. The number of halogens is 3. The van der Waals surface area contributed by atoms with Gasteiger partial charge in [-0.05, 0) is 44.5 Å². The first-order chi connectivity index (χ1) is 9.64. The Bertz CT molecular complexity index is 540. The van der Waals surface area contributed by atoms with Gasteiger partial charge in [0.05, 0.1) is 11.0 Å². The van der Waals surface area contributed by atoms with Crippen molar-refractivity contribution in [2.75, 3.05) is 18.5 Å². The fraction of sp³-hybridized carbons (Fsp3) is 0.538. The van der Waals surface area contributed by atoms with Gasteiger partial charge in [0.1, 0.15) is 0 Å². The zero-order chi connectivity index (χ0) is 16.1. The number of hydrogen-bond donors (Lipinski definition) is 2. The molecular weight excluding hydrogens is 305 g/mol. The van der Waals surface area contributed by atoms with E-state index in [1.165, 1.54) is 12.1 Å². The summed E-state index contributed by atoms with van der Waals surface area (Å²) in [5.41, 5.74) is -4.45. The Kier molecular flexibility index (Phi) is 6.03. The third-order valence-corrected chi connectivity index (χ3v) is 4.20. The molecule has 21 heavy (non-hydrogen) atoms. The lowest BCUT2D eigenvalue weighted by Crippen LogP contribution is -2.21. The van der Waals surface area contributed by atoms with E-state index in [-0.39, 0.29) is 6.10 Å². The second kappa shape index (κ2) is 7.13. The summed E-state index contributed by atoms with van der Waals surface area (Å²) in [5.74, 6) is 0. The molecule has 1 unspecified atom stereocenters. The minimum absolute atomic E-state index is 0.164. The summed E-state index contributed by atoms with van der Waals surface area (Å²) in [4.78, 5) is -0.538. The highest BCUT2D eigenvalue weighted by Gasteiger charge is 2.43. The van der Waals surface area contributed by atoms with Gasteiger partial charge in [-0.2, -0.15) is 13.2 Å². The molecule has 1 atom stereocenters. The summed E-state index contributed by atoms with van der Waals surface area (Å²) < 4.78 is 61.2. The van der Waals surface area contributed by atoms with Crippen LogP contribution in [0.4, 0.5) is 18.9 Å². The number of benzene rings is 1. The highest BCUT2D eigenvalue weighted by molar-refractivity contribution is 7.93. The maximum atomic E-state index is 12.5. The van der Waals surface area contributed by atoms with Crippen molar-refractivity contribution in [3.8, 4) is 0 Å². The van der Waals surface area contributed by atoms with Gasteiger partial charge in [0, 0.05) is 18.8 Å². The van der Waals surface area contributed by atoms with E-state index < -0.39 is 20.1 Å². The Morgan fingerprint density at radius 3 is 2.33 bits per heavy atom. The fourth-order valence-electron chi connectivity index (χ4n) is 1.52. The minimum Gasteiger partial charge on any atom is -0.385 e. The topological polar surface area (TPSA) is 62.2 Å². The molecular formula is C13H19F3N2O2S. The van der Waals surface area contributed by atoms with E-state index in [1.54, 1.807) is 0 Å². The zero-order valence-electron chi connectivity index (χ0n) is 11.9. The van der Waals surface area contributed by atoms with Crippen LogP contribution >= 0.6 is 0 Å². The second-order valence-electron chi connectivity index (χ2n) is 4.73. The summed E-state index contributed by atoms with van der Waals surface area (Å²) in [7, 11) is -4.78. The van der Waals surface area contributed by atoms with Crippen LogP contribution in [0.1, 0.15) is 20.3 Å². The number of nitrogens with one attached hydrogen (secondary N) is 2. The van der Waals surface area contributed by atoms with Crippen molar-refractivity contribution in [2.45, 2.75) is 36.8 Å². The van der Waals surface area contributed by atoms with Gasteiger partial charge < -0.3 is 10.1 Å². The molecule has 4 nitrogen and oxygen atoms in total. The summed E-state index contributed by atoms with van der Waals surface area (Å²) in [6.45, 7) is 5.08. The number of alkyl halides is 3. The Morgan fingerprint density at radius 1 is 1.29 bits per heavy atom. The van der Waals surface area contributed by atoms with E-state index in [1.807, 2.05) is 13.8 Å². The van der Waals surface area contributed by atoms with E-state index in [4.69, 9.17) is 9.52 Å². The van der Waals surface area contributed by atoms with Gasteiger partial charge in [0.2, 0.25) is 0 Å². The molecule has 120 valence electrons. The maximum Gasteiger partial charge on any atom is 0.483 e. The van der Waals surface area contributed by atoms with Crippen LogP contribution < -0.4 is 5.32 Å². The van der Waals surface area contributed by atoms with Crippen molar-refractivity contribution in [1.82, 2.24) is 0 Å². The van der Waals surface area contributed by atoms with Crippen molar-refractivity contribution in [1.29, 1.82) is 4.78 Å². The standard InChI is InChI=1S/C13H19F3N2O2S/c1-10(2)20-9-3-8-18-11-4-6-12(7-5-11)21(17,19)13(14,15)16/h4-7,10,17-18H,3,8-9H2,1-2H3. The molecule has 0 aromatic heterocycles. The zero-order valence-corrected chi connectivity index (χ0v) is 12.7. The fourth-order valence-corrected chi connectivity index (χ4v) is 2.31. The van der Waals surface area contributed by atoms with Gasteiger partial charge >= 0.3 is 5.51 Å². The summed E-state index contributed by atoms with van der Waals surface area (Å²) >= 11 is 0. The number of rotatable bonds is 7. The number of anilines is 1. The SMILES string of the molecule is CC(C)OCCCNc1ccc(S(=N)(=O)C(F)(F)F)cc1. The Hall–Kier alpha value is -1.28. The average Bonchev–Trinajstić information content (AvgIpc) is 2.37. The molecule has 1 rings (SSSR count). The monoisotopic (exact) mass is 324 g/mol. The van der Waals surface area contributed by atoms with Gasteiger partial charge in [0.25, 0.3) is 0 Å². The van der Waals surface area contributed by atoms with Crippen molar-refractivity contribution in [3.05, 3.63) is 24.3 Å². The van der Waals surface area contributed by atoms with Crippen LogP contribution in [0.2, 0.25) is 0 Å². The smallest absolute Gasteiger partial charge is 0.385 e. The molecule has 8 heteroatoms. The molecule has 0 spiro atoms. The van der Waals surface area contributed by atoms with Crippen molar-refractivity contribution in [3.63, 3.8) is 0 Å². The van der Waals surface area contributed by atoms with Crippen LogP contribution in [0, 0.1) is 4.78 Å². The molecule has 0 amide bonds. The Balaban J connectivity index is 2.56. The van der Waals surface area contributed by atoms with Gasteiger partial charge in [-0.1, -0.05) is 0 Å². The Morgan fingerprint density at radius 2 is 1.86 bits per heavy atom. The normalized spacial score (nSPS) is 15.0. The van der Waals surface area contributed by atoms with E-state index >= 15 is 0 Å². The summed E-state index contributed by atoms with van der Waals surface area (Å²) in [6.07, 6.45) is 0.925. The third-order valence-electron chi connectivity index (χ3n) is 2.61. The van der Waals surface area contributed by atoms with Crippen LogP contribution in [0.3, 0.4) is 0 Å². The first kappa shape index (κ1) is 17.8. The lowest BCUT2D eigenvalue weighted by atomic mass is 10.3. The molecule has 0 saturated heterocycles. The van der Waals surface area contributed by atoms with Gasteiger partial charge in [-0.3, -0.25) is 0 Å². The molecule has 0 fully saturated rings. The average molecular weight is 324 g/mol. The molecule has 2 N–H and O–H groups in total. The molecule has 0 heterocycles. The third kappa shape index (κ3) is 5.20. The second-order valence-corrected chi connectivity index (χ2v) is 6.77. The molecule has 0 radical (unpaired) electrons. The lowest BCUT2D eigenvalue weighted by Gasteiger charge is -2.12. The van der Waals surface area contributed by atoms with Crippen LogP contribution in [-0.4, -0.2) is 29.0 Å². The summed E-state index contributed by atoms with van der Waals surface area (Å²) in [5, 5.41) is 3.02. The van der Waals surface area contributed by atoms with Crippen LogP contribution in [0.25, 0.3) is 0 Å². The largest absolute Gasteiger partial charge is 0.483 e. The van der Waals surface area contributed by atoms with Crippen molar-refractivity contribution >= 4 is 15.4 Å². The predicted molar refractivity (Wildman–Crippen MR) is 75.8 cm³/mol. The van der Waals surface area contributed by atoms with Crippen molar-refractivity contribution in [2.24, 2.45) is 0 Å². The molecule has 0 bridgehead atoms. The Labute approximate surface area is 122 Å². The molecule has 1 aromatic carbocycles. The lowest BCUT2D eigenvalue weighted by molar-refractivity contribution is -0.0406. The van der Waals surface area contributed by atoms with Gasteiger partial charge in [0.15, 0.2) is 9.73 Å². The van der Waals surface area contributed by atoms with E-state index in [2.05, 4.69) is 5.32 Å². The number of hydrogen-bond acceptors (Lipinski definition) is 4. The minimum atomic E-state index is -5.06. The van der Waals surface area contributed by atoms with E-state index in [0.29, 0.717) is 18.8 Å².